The minimum atomic E-state index is -0.741. The van der Waals surface area contributed by atoms with Crippen molar-refractivity contribution in [3.8, 4) is 0 Å². The molecule has 1 aromatic rings. The molecule has 0 unspecified atom stereocenters. The van der Waals surface area contributed by atoms with E-state index in [1.54, 1.807) is 0 Å². The Balaban J connectivity index is 2.03. The first-order valence-corrected chi connectivity index (χ1v) is 8.20. The van der Waals surface area contributed by atoms with Crippen molar-refractivity contribution in [2.75, 3.05) is 7.11 Å². The van der Waals surface area contributed by atoms with E-state index in [2.05, 4.69) is 10.1 Å². The van der Waals surface area contributed by atoms with Gasteiger partial charge in [-0.1, -0.05) is 30.3 Å². The standard InChI is InChI=1S/C18H25NO5/c1-12-9-15(10-13(2)24-12)16(19-18(21)22-3)17(20)23-11-14-7-5-4-6-8-14/h4-8,12-13,15-16H,9-11H2,1-3H3,(H,19,21)/t12-,13+,15+,16-/m0/s1. The van der Waals surface area contributed by atoms with Crippen molar-refractivity contribution >= 4 is 12.1 Å². The second-order valence-corrected chi connectivity index (χ2v) is 6.20. The second-order valence-electron chi connectivity index (χ2n) is 6.20. The summed E-state index contributed by atoms with van der Waals surface area (Å²) in [6.45, 7) is 4.10. The Morgan fingerprint density at radius 2 is 1.83 bits per heavy atom. The largest absolute Gasteiger partial charge is 0.459 e. The number of hydrogen-bond acceptors (Lipinski definition) is 5. The highest BCUT2D eigenvalue weighted by atomic mass is 16.5. The second kappa shape index (κ2) is 8.68. The molecule has 4 atom stereocenters. The number of benzene rings is 1. The Morgan fingerprint density at radius 1 is 1.21 bits per heavy atom. The van der Waals surface area contributed by atoms with Crippen LogP contribution in [0.25, 0.3) is 0 Å². The van der Waals surface area contributed by atoms with Gasteiger partial charge in [0, 0.05) is 0 Å². The lowest BCUT2D eigenvalue weighted by atomic mass is 9.86. The third kappa shape index (κ3) is 5.23. The first-order valence-electron chi connectivity index (χ1n) is 8.20. The smallest absolute Gasteiger partial charge is 0.407 e. The predicted molar refractivity (Wildman–Crippen MR) is 88.3 cm³/mol. The van der Waals surface area contributed by atoms with Crippen LogP contribution in [-0.4, -0.2) is 37.4 Å². The van der Waals surface area contributed by atoms with E-state index in [1.807, 2.05) is 44.2 Å². The first kappa shape index (κ1) is 18.3. The van der Waals surface area contributed by atoms with Crippen molar-refractivity contribution in [2.24, 2.45) is 5.92 Å². The van der Waals surface area contributed by atoms with Gasteiger partial charge in [0.25, 0.3) is 0 Å². The molecule has 1 N–H and O–H groups in total. The third-order valence-corrected chi connectivity index (χ3v) is 4.14. The molecular formula is C18H25NO5. The molecule has 1 aliphatic heterocycles. The van der Waals surface area contributed by atoms with E-state index in [-0.39, 0.29) is 24.7 Å². The van der Waals surface area contributed by atoms with Crippen LogP contribution in [0.2, 0.25) is 0 Å². The molecule has 0 aromatic heterocycles. The van der Waals surface area contributed by atoms with Crippen LogP contribution in [0.15, 0.2) is 30.3 Å². The molecule has 0 bridgehead atoms. The van der Waals surface area contributed by atoms with Gasteiger partial charge in [0.15, 0.2) is 0 Å². The van der Waals surface area contributed by atoms with Crippen molar-refractivity contribution in [1.29, 1.82) is 0 Å². The van der Waals surface area contributed by atoms with Gasteiger partial charge in [-0.15, -0.1) is 0 Å². The Morgan fingerprint density at radius 3 is 2.42 bits per heavy atom. The summed E-state index contributed by atoms with van der Waals surface area (Å²) in [6, 6.07) is 8.70. The first-order chi connectivity index (χ1) is 11.5. The van der Waals surface area contributed by atoms with Crippen LogP contribution in [0.4, 0.5) is 4.79 Å². The van der Waals surface area contributed by atoms with Crippen LogP contribution in [-0.2, 0) is 25.6 Å². The number of esters is 1. The molecule has 6 heteroatoms. The molecule has 1 aromatic carbocycles. The fraction of sp³-hybridized carbons (Fsp3) is 0.556. The molecule has 24 heavy (non-hydrogen) atoms. The molecular weight excluding hydrogens is 310 g/mol. The van der Waals surface area contributed by atoms with E-state index in [1.165, 1.54) is 7.11 Å². The van der Waals surface area contributed by atoms with E-state index in [0.717, 1.165) is 5.56 Å². The van der Waals surface area contributed by atoms with Gasteiger partial charge >= 0.3 is 12.1 Å². The number of carbonyl (C=O) groups is 2. The van der Waals surface area contributed by atoms with Crippen LogP contribution in [0.5, 0.6) is 0 Å². The number of hydrogen-bond donors (Lipinski definition) is 1. The molecule has 2 rings (SSSR count). The van der Waals surface area contributed by atoms with Gasteiger partial charge in [-0.25, -0.2) is 9.59 Å². The van der Waals surface area contributed by atoms with Gasteiger partial charge in [-0.3, -0.25) is 0 Å². The average Bonchev–Trinajstić information content (AvgIpc) is 2.57. The zero-order valence-corrected chi connectivity index (χ0v) is 14.4. The summed E-state index contributed by atoms with van der Waals surface area (Å²) in [5.74, 6) is -0.498. The van der Waals surface area contributed by atoms with Crippen molar-refractivity contribution in [3.05, 3.63) is 35.9 Å². The van der Waals surface area contributed by atoms with Crippen molar-refractivity contribution in [1.82, 2.24) is 5.32 Å². The number of rotatable bonds is 5. The number of amides is 1. The minimum Gasteiger partial charge on any atom is -0.459 e. The van der Waals surface area contributed by atoms with Crippen LogP contribution >= 0.6 is 0 Å². The Kier molecular flexibility index (Phi) is 6.61. The lowest BCUT2D eigenvalue weighted by Gasteiger charge is -2.35. The summed E-state index contributed by atoms with van der Waals surface area (Å²) in [7, 11) is 1.27. The molecule has 0 radical (unpaired) electrons. The zero-order chi connectivity index (χ0) is 17.5. The van der Waals surface area contributed by atoms with Gasteiger partial charge in [-0.2, -0.15) is 0 Å². The summed E-state index contributed by atoms with van der Waals surface area (Å²) in [6.07, 6.45) is 0.785. The van der Waals surface area contributed by atoms with Crippen LogP contribution in [0.3, 0.4) is 0 Å². The number of methoxy groups -OCH3 is 1. The van der Waals surface area contributed by atoms with Crippen LogP contribution in [0, 0.1) is 5.92 Å². The van der Waals surface area contributed by atoms with E-state index in [0.29, 0.717) is 12.8 Å². The quantitative estimate of drug-likeness (QED) is 0.838. The summed E-state index contributed by atoms with van der Waals surface area (Å²) in [4.78, 5) is 24.2. The average molecular weight is 335 g/mol. The number of nitrogens with one attached hydrogen (secondary N) is 1. The summed E-state index contributed by atoms with van der Waals surface area (Å²) in [5.41, 5.74) is 0.899. The zero-order valence-electron chi connectivity index (χ0n) is 14.4. The molecule has 1 fully saturated rings. The number of carbonyl (C=O) groups excluding carboxylic acids is 2. The number of alkyl carbamates (subject to hydrolysis) is 1. The predicted octanol–water partition coefficient (Wildman–Crippen LogP) is 2.66. The molecule has 1 aliphatic rings. The maximum Gasteiger partial charge on any atom is 0.407 e. The molecule has 1 saturated heterocycles. The van der Waals surface area contributed by atoms with E-state index in [4.69, 9.17) is 9.47 Å². The maximum absolute atomic E-state index is 12.5. The summed E-state index contributed by atoms with van der Waals surface area (Å²) < 4.78 is 15.8. The normalized spacial score (nSPS) is 24.7. The monoisotopic (exact) mass is 335 g/mol. The van der Waals surface area contributed by atoms with Gasteiger partial charge in [0.2, 0.25) is 0 Å². The van der Waals surface area contributed by atoms with E-state index in [9.17, 15) is 9.59 Å². The van der Waals surface area contributed by atoms with Gasteiger partial charge in [-0.05, 0) is 38.2 Å². The van der Waals surface area contributed by atoms with Gasteiger partial charge in [0.05, 0.1) is 19.3 Å². The molecule has 1 amide bonds. The Bertz CT molecular complexity index is 538. The third-order valence-electron chi connectivity index (χ3n) is 4.14. The lowest BCUT2D eigenvalue weighted by molar-refractivity contribution is -0.151. The maximum atomic E-state index is 12.5. The fourth-order valence-electron chi connectivity index (χ4n) is 3.10. The SMILES string of the molecule is COC(=O)N[C@H](C(=O)OCc1ccccc1)[C@H]1C[C@@H](C)O[C@@H](C)C1. The van der Waals surface area contributed by atoms with Crippen molar-refractivity contribution in [3.63, 3.8) is 0 Å². The Hall–Kier alpha value is -2.08. The van der Waals surface area contributed by atoms with Gasteiger partial charge < -0.3 is 19.5 Å². The highest BCUT2D eigenvalue weighted by molar-refractivity contribution is 5.81. The highest BCUT2D eigenvalue weighted by Gasteiger charge is 2.36. The molecule has 132 valence electrons. The Labute approximate surface area is 142 Å². The lowest BCUT2D eigenvalue weighted by Crippen LogP contribution is -2.50. The molecule has 1 heterocycles. The number of ether oxygens (including phenoxy) is 3. The molecule has 0 aliphatic carbocycles. The molecule has 0 saturated carbocycles. The summed E-state index contributed by atoms with van der Waals surface area (Å²) in [5, 5.41) is 2.62. The van der Waals surface area contributed by atoms with E-state index >= 15 is 0 Å². The minimum absolute atomic E-state index is 0.0302. The fourth-order valence-corrected chi connectivity index (χ4v) is 3.10. The summed E-state index contributed by atoms with van der Waals surface area (Å²) >= 11 is 0. The van der Waals surface area contributed by atoms with Crippen LogP contribution in [0.1, 0.15) is 32.3 Å². The highest BCUT2D eigenvalue weighted by Crippen LogP contribution is 2.28. The van der Waals surface area contributed by atoms with E-state index < -0.39 is 18.1 Å². The molecule has 6 nitrogen and oxygen atoms in total. The van der Waals surface area contributed by atoms with Crippen molar-refractivity contribution in [2.45, 2.75) is 51.5 Å². The van der Waals surface area contributed by atoms with Crippen molar-refractivity contribution < 1.29 is 23.8 Å². The topological polar surface area (TPSA) is 73.9 Å². The van der Waals surface area contributed by atoms with Gasteiger partial charge in [0.1, 0.15) is 12.6 Å². The molecule has 0 spiro atoms. The van der Waals surface area contributed by atoms with Crippen LogP contribution < -0.4 is 5.32 Å².